The molecule has 138 valence electrons. The molecule has 0 aliphatic heterocycles. The number of carbonyl (C=O) groups is 2. The van der Waals surface area contributed by atoms with Gasteiger partial charge in [0.25, 0.3) is 11.5 Å². The number of aromatic nitrogens is 2. The van der Waals surface area contributed by atoms with Crippen molar-refractivity contribution in [1.29, 1.82) is 0 Å². The molecular formula is C19H17N3O5. The topological polar surface area (TPSA) is 113 Å². The van der Waals surface area contributed by atoms with E-state index in [1.807, 2.05) is 13.0 Å². The highest BCUT2D eigenvalue weighted by atomic mass is 16.5. The molecule has 3 aromatic rings. The number of hydrogen-bond donors (Lipinski definition) is 1. The van der Waals surface area contributed by atoms with Crippen LogP contribution in [0.1, 0.15) is 21.6 Å². The number of benzene rings is 1. The number of hydrogen-bond acceptors (Lipinski definition) is 6. The quantitative estimate of drug-likeness (QED) is 0.656. The third kappa shape index (κ3) is 4.30. The SMILES string of the molecule is Cc1cccn2c(=O)cc(COC(=O)c3ccc(OCC(N)=O)cc3)nc12. The Hall–Kier alpha value is -3.68. The lowest BCUT2D eigenvalue weighted by atomic mass is 10.2. The molecule has 8 nitrogen and oxygen atoms in total. The molecular weight excluding hydrogens is 350 g/mol. The summed E-state index contributed by atoms with van der Waals surface area (Å²) in [4.78, 5) is 39.4. The lowest BCUT2D eigenvalue weighted by Crippen LogP contribution is -2.20. The number of amides is 1. The summed E-state index contributed by atoms with van der Waals surface area (Å²) < 4.78 is 11.8. The van der Waals surface area contributed by atoms with Gasteiger partial charge >= 0.3 is 5.97 Å². The minimum absolute atomic E-state index is 0.126. The normalized spacial score (nSPS) is 10.6. The van der Waals surface area contributed by atoms with Gasteiger partial charge in [0.15, 0.2) is 6.61 Å². The molecule has 27 heavy (non-hydrogen) atoms. The first-order valence-electron chi connectivity index (χ1n) is 8.10. The molecule has 0 saturated heterocycles. The van der Waals surface area contributed by atoms with E-state index in [0.29, 0.717) is 22.7 Å². The summed E-state index contributed by atoms with van der Waals surface area (Å²) in [5.41, 5.74) is 6.78. The summed E-state index contributed by atoms with van der Waals surface area (Å²) in [6, 6.07) is 11.0. The van der Waals surface area contributed by atoms with Crippen LogP contribution >= 0.6 is 0 Å². The van der Waals surface area contributed by atoms with Crippen LogP contribution in [0.15, 0.2) is 53.5 Å². The number of nitrogens with two attached hydrogens (primary N) is 1. The van der Waals surface area contributed by atoms with E-state index >= 15 is 0 Å². The maximum atomic E-state index is 12.2. The first-order chi connectivity index (χ1) is 12.9. The Kier molecular flexibility index (Phi) is 5.16. The van der Waals surface area contributed by atoms with Crippen molar-refractivity contribution in [2.24, 2.45) is 5.73 Å². The van der Waals surface area contributed by atoms with E-state index in [-0.39, 0.29) is 18.8 Å². The molecule has 0 saturated carbocycles. The zero-order chi connectivity index (χ0) is 19.4. The highest BCUT2D eigenvalue weighted by Crippen LogP contribution is 2.13. The molecule has 0 aliphatic rings. The number of rotatable bonds is 6. The Morgan fingerprint density at radius 3 is 2.63 bits per heavy atom. The molecule has 0 unspecified atom stereocenters. The van der Waals surface area contributed by atoms with Crippen LogP contribution < -0.4 is 16.0 Å². The van der Waals surface area contributed by atoms with Crippen molar-refractivity contribution in [3.05, 3.63) is 75.8 Å². The molecule has 2 aromatic heterocycles. The number of esters is 1. The van der Waals surface area contributed by atoms with Crippen molar-refractivity contribution < 1.29 is 19.1 Å². The first kappa shape index (κ1) is 18.1. The molecule has 2 heterocycles. The fourth-order valence-corrected chi connectivity index (χ4v) is 2.45. The minimum Gasteiger partial charge on any atom is -0.484 e. The molecule has 8 heteroatoms. The van der Waals surface area contributed by atoms with Gasteiger partial charge in [0, 0.05) is 12.3 Å². The van der Waals surface area contributed by atoms with Crippen molar-refractivity contribution in [3.63, 3.8) is 0 Å². The summed E-state index contributed by atoms with van der Waals surface area (Å²) in [7, 11) is 0. The van der Waals surface area contributed by atoms with Gasteiger partial charge in [-0.2, -0.15) is 0 Å². The first-order valence-corrected chi connectivity index (χ1v) is 8.10. The number of primary amides is 1. The molecule has 0 aliphatic carbocycles. The lowest BCUT2D eigenvalue weighted by Gasteiger charge is -2.08. The van der Waals surface area contributed by atoms with Gasteiger partial charge in [0.05, 0.1) is 11.3 Å². The van der Waals surface area contributed by atoms with Crippen LogP contribution in [0.4, 0.5) is 0 Å². The molecule has 0 radical (unpaired) electrons. The van der Waals surface area contributed by atoms with E-state index in [0.717, 1.165) is 5.56 Å². The molecule has 1 aromatic carbocycles. The summed E-state index contributed by atoms with van der Waals surface area (Å²) in [6.07, 6.45) is 1.63. The second-order valence-electron chi connectivity index (χ2n) is 5.83. The van der Waals surface area contributed by atoms with Gasteiger partial charge in [-0.3, -0.25) is 14.0 Å². The third-order valence-electron chi connectivity index (χ3n) is 3.76. The smallest absolute Gasteiger partial charge is 0.338 e. The van der Waals surface area contributed by atoms with E-state index < -0.39 is 11.9 Å². The molecule has 0 bridgehead atoms. The predicted octanol–water partition coefficient (Wildman–Crippen LogP) is 1.22. The zero-order valence-electron chi connectivity index (χ0n) is 14.5. The number of ether oxygens (including phenoxy) is 2. The van der Waals surface area contributed by atoms with Gasteiger partial charge in [-0.15, -0.1) is 0 Å². The van der Waals surface area contributed by atoms with Crippen LogP contribution in [0.2, 0.25) is 0 Å². The Bertz CT molecular complexity index is 1060. The highest BCUT2D eigenvalue weighted by molar-refractivity contribution is 5.89. The fraction of sp³-hybridized carbons (Fsp3) is 0.158. The number of aryl methyl sites for hydroxylation is 1. The second-order valence-corrected chi connectivity index (χ2v) is 5.83. The van der Waals surface area contributed by atoms with Gasteiger partial charge in [0.2, 0.25) is 0 Å². The number of nitrogens with zero attached hydrogens (tertiary/aromatic N) is 2. The molecule has 0 spiro atoms. The van der Waals surface area contributed by atoms with Gasteiger partial charge in [-0.25, -0.2) is 9.78 Å². The van der Waals surface area contributed by atoms with Crippen LogP contribution in [0, 0.1) is 6.92 Å². The van der Waals surface area contributed by atoms with Crippen LogP contribution in [0.25, 0.3) is 5.65 Å². The highest BCUT2D eigenvalue weighted by Gasteiger charge is 2.10. The third-order valence-corrected chi connectivity index (χ3v) is 3.76. The number of fused-ring (bicyclic) bond motifs is 1. The monoisotopic (exact) mass is 367 g/mol. The lowest BCUT2D eigenvalue weighted by molar-refractivity contribution is -0.119. The van der Waals surface area contributed by atoms with Gasteiger partial charge in [-0.1, -0.05) is 6.07 Å². The van der Waals surface area contributed by atoms with Crippen LogP contribution in [0.3, 0.4) is 0 Å². The fourth-order valence-electron chi connectivity index (χ4n) is 2.45. The van der Waals surface area contributed by atoms with Crippen molar-refractivity contribution in [3.8, 4) is 5.75 Å². The maximum Gasteiger partial charge on any atom is 0.338 e. The van der Waals surface area contributed by atoms with E-state index in [4.69, 9.17) is 15.2 Å². The molecule has 2 N–H and O–H groups in total. The summed E-state index contributed by atoms with van der Waals surface area (Å²) in [6.45, 7) is 1.48. The molecule has 0 atom stereocenters. The predicted molar refractivity (Wildman–Crippen MR) is 96.4 cm³/mol. The number of pyridine rings is 1. The molecule has 1 amide bonds. The molecule has 3 rings (SSSR count). The summed E-state index contributed by atoms with van der Waals surface area (Å²) >= 11 is 0. The average Bonchev–Trinajstić information content (AvgIpc) is 2.66. The Morgan fingerprint density at radius 2 is 1.93 bits per heavy atom. The largest absolute Gasteiger partial charge is 0.484 e. The minimum atomic E-state index is -0.590. The molecule has 0 fully saturated rings. The second kappa shape index (κ2) is 7.69. The van der Waals surface area contributed by atoms with E-state index in [1.54, 1.807) is 12.3 Å². The van der Waals surface area contributed by atoms with Crippen LogP contribution in [-0.4, -0.2) is 27.9 Å². The zero-order valence-corrected chi connectivity index (χ0v) is 14.5. The van der Waals surface area contributed by atoms with Crippen molar-refractivity contribution in [2.45, 2.75) is 13.5 Å². The van der Waals surface area contributed by atoms with E-state index in [2.05, 4.69) is 4.98 Å². The average molecular weight is 367 g/mol. The van der Waals surface area contributed by atoms with Gasteiger partial charge < -0.3 is 15.2 Å². The number of carbonyl (C=O) groups excluding carboxylic acids is 2. The van der Waals surface area contributed by atoms with Crippen LogP contribution in [0.5, 0.6) is 5.75 Å². The van der Waals surface area contributed by atoms with Crippen molar-refractivity contribution in [1.82, 2.24) is 9.38 Å². The Morgan fingerprint density at radius 1 is 1.19 bits per heavy atom. The van der Waals surface area contributed by atoms with Gasteiger partial charge in [-0.05, 0) is 42.8 Å². The van der Waals surface area contributed by atoms with Gasteiger partial charge in [0.1, 0.15) is 18.0 Å². The van der Waals surface area contributed by atoms with Crippen LogP contribution in [-0.2, 0) is 16.1 Å². The van der Waals surface area contributed by atoms with E-state index in [1.165, 1.54) is 34.7 Å². The maximum absolute atomic E-state index is 12.2. The van der Waals surface area contributed by atoms with Crippen molar-refractivity contribution >= 4 is 17.5 Å². The summed E-state index contributed by atoms with van der Waals surface area (Å²) in [5, 5.41) is 0. The Balaban J connectivity index is 1.68. The standard InChI is InChI=1S/C19H17N3O5/c1-12-3-2-8-22-17(24)9-14(21-18(12)22)10-27-19(25)13-4-6-15(7-5-13)26-11-16(20)23/h2-9H,10-11H2,1H3,(H2,20,23). The van der Waals surface area contributed by atoms with Crippen molar-refractivity contribution in [2.75, 3.05) is 6.61 Å². The van der Waals surface area contributed by atoms with E-state index in [9.17, 15) is 14.4 Å². The summed E-state index contributed by atoms with van der Waals surface area (Å²) in [5.74, 6) is -0.749. The Labute approximate surface area is 154 Å².